The first-order valence-electron chi connectivity index (χ1n) is 5.54. The molecule has 2 aromatic rings. The van der Waals surface area contributed by atoms with Crippen LogP contribution in [0.3, 0.4) is 0 Å². The van der Waals surface area contributed by atoms with Gasteiger partial charge in [-0.3, -0.25) is 0 Å². The Kier molecular flexibility index (Phi) is 3.54. The average molecular weight is 219 g/mol. The number of nitrogens with zero attached hydrogens (tertiary/aromatic N) is 2. The number of aromatic nitrogens is 2. The van der Waals surface area contributed by atoms with Gasteiger partial charge in [0.1, 0.15) is 5.65 Å². The zero-order valence-electron chi connectivity index (χ0n) is 9.43. The summed E-state index contributed by atoms with van der Waals surface area (Å²) in [6, 6.07) is 5.95. The van der Waals surface area contributed by atoms with Crippen molar-refractivity contribution in [3.8, 4) is 0 Å². The first-order valence-corrected chi connectivity index (χ1v) is 5.54. The summed E-state index contributed by atoms with van der Waals surface area (Å²) in [6.07, 6.45) is 4.01. The molecule has 2 heterocycles. The molecule has 0 spiro atoms. The lowest BCUT2D eigenvalue weighted by Gasteiger charge is -2.07. The SMILES string of the molecule is CC(CO)CNCc1cn2ccccc2n1. The standard InChI is InChI=1S/C12H17N3O/c1-10(9-16)6-13-7-11-8-15-5-3-2-4-12(15)14-11/h2-5,8,10,13,16H,6-7,9H2,1H3. The third-order valence-corrected chi connectivity index (χ3v) is 2.52. The van der Waals surface area contributed by atoms with Crippen LogP contribution in [0.2, 0.25) is 0 Å². The van der Waals surface area contributed by atoms with Crippen molar-refractivity contribution in [2.45, 2.75) is 13.5 Å². The largest absolute Gasteiger partial charge is 0.396 e. The van der Waals surface area contributed by atoms with Crippen LogP contribution >= 0.6 is 0 Å². The van der Waals surface area contributed by atoms with Crippen LogP contribution in [0.25, 0.3) is 5.65 Å². The summed E-state index contributed by atoms with van der Waals surface area (Å²) in [6.45, 7) is 3.78. The molecule has 0 saturated heterocycles. The van der Waals surface area contributed by atoms with Crippen LogP contribution < -0.4 is 5.32 Å². The van der Waals surface area contributed by atoms with Crippen LogP contribution in [0, 0.1) is 5.92 Å². The van der Waals surface area contributed by atoms with Gasteiger partial charge in [-0.1, -0.05) is 13.0 Å². The molecule has 2 rings (SSSR count). The zero-order valence-corrected chi connectivity index (χ0v) is 9.43. The van der Waals surface area contributed by atoms with Crippen molar-refractivity contribution in [3.63, 3.8) is 0 Å². The second-order valence-corrected chi connectivity index (χ2v) is 4.12. The Morgan fingerprint density at radius 2 is 2.38 bits per heavy atom. The molecule has 0 bridgehead atoms. The fourth-order valence-corrected chi connectivity index (χ4v) is 1.58. The van der Waals surface area contributed by atoms with Crippen LogP contribution in [0.4, 0.5) is 0 Å². The van der Waals surface area contributed by atoms with E-state index in [1.165, 1.54) is 0 Å². The highest BCUT2D eigenvalue weighted by Crippen LogP contribution is 2.04. The highest BCUT2D eigenvalue weighted by Gasteiger charge is 2.02. The van der Waals surface area contributed by atoms with Crippen molar-refractivity contribution in [2.75, 3.05) is 13.2 Å². The van der Waals surface area contributed by atoms with Crippen molar-refractivity contribution >= 4 is 5.65 Å². The molecule has 0 aliphatic rings. The van der Waals surface area contributed by atoms with E-state index >= 15 is 0 Å². The number of hydrogen-bond donors (Lipinski definition) is 2. The third kappa shape index (κ3) is 2.59. The summed E-state index contributed by atoms with van der Waals surface area (Å²) in [5, 5.41) is 12.2. The molecule has 0 aliphatic heterocycles. The van der Waals surface area contributed by atoms with E-state index in [9.17, 15) is 0 Å². The van der Waals surface area contributed by atoms with Crippen molar-refractivity contribution in [2.24, 2.45) is 5.92 Å². The van der Waals surface area contributed by atoms with Crippen molar-refractivity contribution < 1.29 is 5.11 Å². The summed E-state index contributed by atoms with van der Waals surface area (Å²) >= 11 is 0. The molecular formula is C12H17N3O. The van der Waals surface area contributed by atoms with Crippen LogP contribution in [-0.2, 0) is 6.54 Å². The Labute approximate surface area is 94.9 Å². The fraction of sp³-hybridized carbons (Fsp3) is 0.417. The van der Waals surface area contributed by atoms with Gasteiger partial charge >= 0.3 is 0 Å². The number of nitrogens with one attached hydrogen (secondary N) is 1. The molecule has 86 valence electrons. The number of hydrogen-bond acceptors (Lipinski definition) is 3. The Morgan fingerprint density at radius 1 is 1.50 bits per heavy atom. The van der Waals surface area contributed by atoms with E-state index in [-0.39, 0.29) is 12.5 Å². The van der Waals surface area contributed by atoms with Crippen molar-refractivity contribution in [1.82, 2.24) is 14.7 Å². The molecule has 0 saturated carbocycles. The van der Waals surface area contributed by atoms with Gasteiger partial charge in [0, 0.05) is 32.1 Å². The zero-order chi connectivity index (χ0) is 11.4. The van der Waals surface area contributed by atoms with Gasteiger partial charge in [0.05, 0.1) is 5.69 Å². The molecule has 0 radical (unpaired) electrons. The Bertz CT molecular complexity index is 419. The maximum atomic E-state index is 8.89. The molecule has 1 unspecified atom stereocenters. The third-order valence-electron chi connectivity index (χ3n) is 2.52. The van der Waals surface area contributed by atoms with E-state index < -0.39 is 0 Å². The quantitative estimate of drug-likeness (QED) is 0.790. The van der Waals surface area contributed by atoms with Gasteiger partial charge in [0.2, 0.25) is 0 Å². The van der Waals surface area contributed by atoms with E-state index in [2.05, 4.69) is 10.3 Å². The number of pyridine rings is 1. The van der Waals surface area contributed by atoms with Gasteiger partial charge in [0.25, 0.3) is 0 Å². The highest BCUT2D eigenvalue weighted by atomic mass is 16.3. The number of rotatable bonds is 5. The van der Waals surface area contributed by atoms with Crippen LogP contribution in [-0.4, -0.2) is 27.6 Å². The second kappa shape index (κ2) is 5.09. The lowest BCUT2D eigenvalue weighted by molar-refractivity contribution is 0.233. The van der Waals surface area contributed by atoms with Gasteiger partial charge in [0.15, 0.2) is 0 Å². The lowest BCUT2D eigenvalue weighted by Crippen LogP contribution is -2.22. The van der Waals surface area contributed by atoms with Crippen LogP contribution in [0.1, 0.15) is 12.6 Å². The molecule has 0 fully saturated rings. The minimum atomic E-state index is 0.220. The number of aliphatic hydroxyl groups is 1. The van der Waals surface area contributed by atoms with E-state index in [0.29, 0.717) is 0 Å². The number of imidazole rings is 1. The Morgan fingerprint density at radius 3 is 3.12 bits per heavy atom. The summed E-state index contributed by atoms with van der Waals surface area (Å²) < 4.78 is 2.01. The maximum absolute atomic E-state index is 8.89. The summed E-state index contributed by atoms with van der Waals surface area (Å²) in [5.41, 5.74) is 1.99. The summed E-state index contributed by atoms with van der Waals surface area (Å²) in [5.74, 6) is 0.289. The van der Waals surface area contributed by atoms with Gasteiger partial charge in [-0.25, -0.2) is 4.98 Å². The second-order valence-electron chi connectivity index (χ2n) is 4.12. The van der Waals surface area contributed by atoms with Gasteiger partial charge in [-0.2, -0.15) is 0 Å². The summed E-state index contributed by atoms with van der Waals surface area (Å²) in [4.78, 5) is 4.47. The first kappa shape index (κ1) is 11.1. The van der Waals surface area contributed by atoms with Crippen LogP contribution in [0.5, 0.6) is 0 Å². The van der Waals surface area contributed by atoms with Crippen LogP contribution in [0.15, 0.2) is 30.6 Å². The molecule has 0 aliphatic carbocycles. The molecule has 16 heavy (non-hydrogen) atoms. The van der Waals surface area contributed by atoms with Gasteiger partial charge in [-0.15, -0.1) is 0 Å². The van der Waals surface area contributed by atoms with E-state index in [4.69, 9.17) is 5.11 Å². The number of fused-ring (bicyclic) bond motifs is 1. The Hall–Kier alpha value is -1.39. The van der Waals surface area contributed by atoms with E-state index in [0.717, 1.165) is 24.4 Å². The van der Waals surface area contributed by atoms with Gasteiger partial charge in [-0.05, 0) is 18.1 Å². The minimum absolute atomic E-state index is 0.220. The molecule has 1 atom stereocenters. The molecule has 2 N–H and O–H groups in total. The van der Waals surface area contributed by atoms with Crippen molar-refractivity contribution in [3.05, 3.63) is 36.3 Å². The van der Waals surface area contributed by atoms with Crippen molar-refractivity contribution in [1.29, 1.82) is 0 Å². The fourth-order valence-electron chi connectivity index (χ4n) is 1.58. The predicted molar refractivity (Wildman–Crippen MR) is 63.1 cm³/mol. The normalized spacial score (nSPS) is 13.1. The van der Waals surface area contributed by atoms with E-state index in [1.807, 2.05) is 41.9 Å². The monoisotopic (exact) mass is 219 g/mol. The smallest absolute Gasteiger partial charge is 0.137 e. The molecule has 4 nitrogen and oxygen atoms in total. The average Bonchev–Trinajstić information content (AvgIpc) is 2.71. The molecule has 2 aromatic heterocycles. The molecule has 4 heteroatoms. The molecule has 0 aromatic carbocycles. The molecule has 0 amide bonds. The number of aliphatic hydroxyl groups excluding tert-OH is 1. The lowest BCUT2D eigenvalue weighted by atomic mass is 10.2. The maximum Gasteiger partial charge on any atom is 0.137 e. The molecular weight excluding hydrogens is 202 g/mol. The summed E-state index contributed by atoms with van der Waals surface area (Å²) in [7, 11) is 0. The Balaban J connectivity index is 1.94. The predicted octanol–water partition coefficient (Wildman–Crippen LogP) is 1.05. The minimum Gasteiger partial charge on any atom is -0.396 e. The highest BCUT2D eigenvalue weighted by molar-refractivity contribution is 5.39. The topological polar surface area (TPSA) is 49.6 Å². The first-order chi connectivity index (χ1) is 7.79. The van der Waals surface area contributed by atoms with Gasteiger partial charge < -0.3 is 14.8 Å². The van der Waals surface area contributed by atoms with E-state index in [1.54, 1.807) is 0 Å².